The minimum atomic E-state index is -0.175. The molecule has 26 heavy (non-hydrogen) atoms. The minimum Gasteiger partial charge on any atom is -0.508 e. The van der Waals surface area contributed by atoms with E-state index in [2.05, 4.69) is 10.2 Å². The van der Waals surface area contributed by atoms with E-state index in [4.69, 9.17) is 0 Å². The molecule has 3 aromatic rings. The van der Waals surface area contributed by atoms with Crippen molar-refractivity contribution in [2.75, 3.05) is 13.1 Å². The van der Waals surface area contributed by atoms with Gasteiger partial charge >= 0.3 is 6.03 Å². The summed E-state index contributed by atoms with van der Waals surface area (Å²) in [5.41, 5.74) is 2.74. The van der Waals surface area contributed by atoms with Crippen LogP contribution in [0.2, 0.25) is 0 Å². The fraction of sp³-hybridized carbons (Fsp3) is 0.250. The molecule has 1 aromatic heterocycles. The van der Waals surface area contributed by atoms with Crippen LogP contribution in [-0.2, 0) is 0 Å². The zero-order valence-corrected chi connectivity index (χ0v) is 14.3. The van der Waals surface area contributed by atoms with Gasteiger partial charge in [0.25, 0.3) is 0 Å². The Balaban J connectivity index is 1.70. The zero-order chi connectivity index (χ0) is 17.9. The molecular formula is C20H20N4O2. The molecule has 1 aliphatic rings. The average Bonchev–Trinajstić information content (AvgIpc) is 3.36. The highest BCUT2D eigenvalue weighted by molar-refractivity contribution is 5.75. The van der Waals surface area contributed by atoms with Gasteiger partial charge in [0.05, 0.1) is 17.8 Å². The lowest BCUT2D eigenvalue weighted by Gasteiger charge is -2.16. The van der Waals surface area contributed by atoms with Gasteiger partial charge in [-0.3, -0.25) is 0 Å². The van der Waals surface area contributed by atoms with Gasteiger partial charge in [0.2, 0.25) is 0 Å². The number of aromatic nitrogens is 3. The minimum absolute atomic E-state index is 0.156. The molecule has 1 aliphatic heterocycles. The fourth-order valence-corrected chi connectivity index (χ4v) is 3.38. The predicted octanol–water partition coefficient (Wildman–Crippen LogP) is 3.23. The number of carbonyl (C=O) groups excluding carboxylic acids is 1. The molecule has 0 saturated carbocycles. The molecule has 0 radical (unpaired) electrons. The molecule has 1 saturated heterocycles. The van der Waals surface area contributed by atoms with Crippen molar-refractivity contribution in [3.63, 3.8) is 0 Å². The van der Waals surface area contributed by atoms with Crippen molar-refractivity contribution in [1.82, 2.24) is 19.9 Å². The number of aromatic hydroxyl groups is 1. The molecule has 1 unspecified atom stereocenters. The summed E-state index contributed by atoms with van der Waals surface area (Å²) in [5.74, 6) is 0.0605. The fourth-order valence-electron chi connectivity index (χ4n) is 3.38. The molecule has 2 heterocycles. The standard InChI is InChI=1S/C20H20N4O2/c25-17-10-8-16(9-11-17)19(15-6-2-1-3-7-15)18-14-21-24(22-18)20(26)23-12-4-5-13-23/h1-3,6-11,14,19,25H,4-5,12-13H2. The van der Waals surface area contributed by atoms with E-state index in [1.54, 1.807) is 23.2 Å². The molecule has 1 amide bonds. The number of phenols is 1. The summed E-state index contributed by atoms with van der Waals surface area (Å²) in [7, 11) is 0. The maximum absolute atomic E-state index is 12.5. The van der Waals surface area contributed by atoms with E-state index in [1.807, 2.05) is 42.5 Å². The van der Waals surface area contributed by atoms with Crippen LogP contribution in [-0.4, -0.2) is 44.1 Å². The molecule has 6 nitrogen and oxygen atoms in total. The summed E-state index contributed by atoms with van der Waals surface area (Å²) in [6.45, 7) is 1.52. The number of hydrogen-bond donors (Lipinski definition) is 1. The Bertz CT molecular complexity index is 884. The van der Waals surface area contributed by atoms with Crippen molar-refractivity contribution in [1.29, 1.82) is 0 Å². The van der Waals surface area contributed by atoms with Gasteiger partial charge in [-0.05, 0) is 36.1 Å². The number of hydrogen-bond acceptors (Lipinski definition) is 4. The Morgan fingerprint density at radius 2 is 1.62 bits per heavy atom. The van der Waals surface area contributed by atoms with E-state index in [0.29, 0.717) is 5.69 Å². The van der Waals surface area contributed by atoms with E-state index in [9.17, 15) is 9.90 Å². The first-order valence-corrected chi connectivity index (χ1v) is 8.78. The third-order valence-corrected chi connectivity index (χ3v) is 4.71. The molecule has 4 rings (SSSR count). The van der Waals surface area contributed by atoms with Crippen LogP contribution >= 0.6 is 0 Å². The van der Waals surface area contributed by atoms with Gasteiger partial charge in [0.15, 0.2) is 0 Å². The largest absolute Gasteiger partial charge is 0.508 e. The quantitative estimate of drug-likeness (QED) is 0.789. The van der Waals surface area contributed by atoms with E-state index in [1.165, 1.54) is 4.80 Å². The van der Waals surface area contributed by atoms with Crippen molar-refractivity contribution in [2.24, 2.45) is 0 Å². The molecule has 1 N–H and O–H groups in total. The van der Waals surface area contributed by atoms with Crippen molar-refractivity contribution in [3.05, 3.63) is 77.6 Å². The van der Waals surface area contributed by atoms with Gasteiger partial charge < -0.3 is 10.0 Å². The second-order valence-corrected chi connectivity index (χ2v) is 6.47. The number of carbonyl (C=O) groups is 1. The molecule has 0 aliphatic carbocycles. The number of rotatable bonds is 3. The van der Waals surface area contributed by atoms with Crippen LogP contribution in [0.5, 0.6) is 5.75 Å². The van der Waals surface area contributed by atoms with E-state index < -0.39 is 0 Å². The third kappa shape index (κ3) is 3.18. The molecule has 0 bridgehead atoms. The van der Waals surface area contributed by atoms with E-state index in [0.717, 1.165) is 37.1 Å². The van der Waals surface area contributed by atoms with Gasteiger partial charge in [-0.25, -0.2) is 4.79 Å². The highest BCUT2D eigenvalue weighted by Crippen LogP contribution is 2.31. The highest BCUT2D eigenvalue weighted by Gasteiger charge is 2.24. The van der Waals surface area contributed by atoms with Crippen LogP contribution in [0.3, 0.4) is 0 Å². The smallest absolute Gasteiger partial charge is 0.362 e. The first-order valence-electron chi connectivity index (χ1n) is 8.78. The lowest BCUT2D eigenvalue weighted by molar-refractivity contribution is 0.203. The first kappa shape index (κ1) is 16.3. The normalized spacial score (nSPS) is 15.2. The topological polar surface area (TPSA) is 71.2 Å². The summed E-state index contributed by atoms with van der Waals surface area (Å²) in [6.07, 6.45) is 3.71. The molecule has 1 fully saturated rings. The number of likely N-dealkylation sites (tertiary alicyclic amines) is 1. The Morgan fingerprint density at radius 1 is 0.962 bits per heavy atom. The van der Waals surface area contributed by atoms with Crippen LogP contribution < -0.4 is 0 Å². The van der Waals surface area contributed by atoms with Gasteiger partial charge in [-0.15, -0.1) is 5.10 Å². The monoisotopic (exact) mass is 348 g/mol. The highest BCUT2D eigenvalue weighted by atomic mass is 16.3. The summed E-state index contributed by atoms with van der Waals surface area (Å²) >= 11 is 0. The number of phenolic OH excluding ortho intramolecular Hbond substituents is 1. The lowest BCUT2D eigenvalue weighted by Crippen LogP contribution is -2.33. The van der Waals surface area contributed by atoms with Crippen LogP contribution in [0.15, 0.2) is 60.8 Å². The Hall–Kier alpha value is -3.15. The first-order chi connectivity index (χ1) is 12.7. The van der Waals surface area contributed by atoms with Gasteiger partial charge in [0.1, 0.15) is 5.75 Å². The zero-order valence-electron chi connectivity index (χ0n) is 14.3. The van der Waals surface area contributed by atoms with Crippen LogP contribution in [0.4, 0.5) is 4.79 Å². The Morgan fingerprint density at radius 3 is 2.31 bits per heavy atom. The summed E-state index contributed by atoms with van der Waals surface area (Å²) in [4.78, 5) is 15.5. The van der Waals surface area contributed by atoms with Crippen LogP contribution in [0.1, 0.15) is 35.6 Å². The van der Waals surface area contributed by atoms with Crippen LogP contribution in [0, 0.1) is 0 Å². The van der Waals surface area contributed by atoms with Gasteiger partial charge in [0, 0.05) is 13.1 Å². The summed E-state index contributed by atoms with van der Waals surface area (Å²) in [6, 6.07) is 16.8. The number of benzene rings is 2. The molecule has 0 spiro atoms. The van der Waals surface area contributed by atoms with E-state index in [-0.39, 0.29) is 17.7 Å². The van der Waals surface area contributed by atoms with Crippen LogP contribution in [0.25, 0.3) is 0 Å². The molecule has 2 aromatic carbocycles. The Kier molecular flexibility index (Phi) is 4.39. The maximum atomic E-state index is 12.5. The summed E-state index contributed by atoms with van der Waals surface area (Å²) < 4.78 is 0. The molecule has 132 valence electrons. The third-order valence-electron chi connectivity index (χ3n) is 4.71. The number of nitrogens with zero attached hydrogens (tertiary/aromatic N) is 4. The van der Waals surface area contributed by atoms with Gasteiger partial charge in [-0.2, -0.15) is 5.10 Å². The Labute approximate surface area is 151 Å². The van der Waals surface area contributed by atoms with Crippen molar-refractivity contribution in [3.8, 4) is 5.75 Å². The van der Waals surface area contributed by atoms with E-state index >= 15 is 0 Å². The lowest BCUT2D eigenvalue weighted by atomic mass is 9.89. The van der Waals surface area contributed by atoms with Gasteiger partial charge in [-0.1, -0.05) is 47.3 Å². The molecule has 6 heteroatoms. The second-order valence-electron chi connectivity index (χ2n) is 6.47. The maximum Gasteiger partial charge on any atom is 0.362 e. The number of amides is 1. The molecule has 1 atom stereocenters. The van der Waals surface area contributed by atoms with Crippen molar-refractivity contribution in [2.45, 2.75) is 18.8 Å². The second kappa shape index (κ2) is 7.00. The average molecular weight is 348 g/mol. The van der Waals surface area contributed by atoms with Crippen molar-refractivity contribution < 1.29 is 9.90 Å². The molecular weight excluding hydrogens is 328 g/mol. The summed E-state index contributed by atoms with van der Waals surface area (Å²) in [5, 5.41) is 18.3. The van der Waals surface area contributed by atoms with Crippen molar-refractivity contribution >= 4 is 6.03 Å². The SMILES string of the molecule is O=C(N1CCCC1)n1ncc(C(c2ccccc2)c2ccc(O)cc2)n1. The predicted molar refractivity (Wildman–Crippen MR) is 97.1 cm³/mol.